The average Bonchev–Trinajstić information content (AvgIpc) is 3.22. The van der Waals surface area contributed by atoms with Gasteiger partial charge in [0.2, 0.25) is 11.9 Å². The van der Waals surface area contributed by atoms with E-state index < -0.39 is 9.84 Å². The fraction of sp³-hybridized carbons (Fsp3) is 0.435. The molecule has 9 nitrogen and oxygen atoms in total. The van der Waals surface area contributed by atoms with Crippen LogP contribution in [-0.4, -0.2) is 53.1 Å². The van der Waals surface area contributed by atoms with E-state index in [1.54, 1.807) is 6.20 Å². The van der Waals surface area contributed by atoms with E-state index in [0.29, 0.717) is 12.5 Å². The highest BCUT2D eigenvalue weighted by Crippen LogP contribution is 2.24. The molecule has 3 aromatic rings. The van der Waals surface area contributed by atoms with Gasteiger partial charge in [-0.1, -0.05) is 12.1 Å². The number of sulfone groups is 1. The maximum atomic E-state index is 11.4. The van der Waals surface area contributed by atoms with E-state index >= 15 is 0 Å². The summed E-state index contributed by atoms with van der Waals surface area (Å²) >= 11 is 0. The second kappa shape index (κ2) is 9.88. The van der Waals surface area contributed by atoms with Crippen LogP contribution in [0.25, 0.3) is 16.7 Å². The topological polar surface area (TPSA) is 118 Å². The lowest BCUT2D eigenvalue weighted by Gasteiger charge is -2.29. The van der Waals surface area contributed by atoms with E-state index in [4.69, 9.17) is 4.98 Å². The summed E-state index contributed by atoms with van der Waals surface area (Å²) in [5.41, 5.74) is 2.06. The van der Waals surface area contributed by atoms with Gasteiger partial charge in [-0.15, -0.1) is 0 Å². The van der Waals surface area contributed by atoms with Gasteiger partial charge in [-0.3, -0.25) is 4.79 Å². The number of hydrogen-bond acceptors (Lipinski definition) is 7. The molecule has 1 fully saturated rings. The summed E-state index contributed by atoms with van der Waals surface area (Å²) in [4.78, 5) is 20.4. The van der Waals surface area contributed by atoms with Gasteiger partial charge < -0.3 is 20.5 Å². The van der Waals surface area contributed by atoms with Gasteiger partial charge in [0.25, 0.3) is 0 Å². The molecule has 0 radical (unpaired) electrons. The van der Waals surface area contributed by atoms with Crippen molar-refractivity contribution in [1.29, 1.82) is 0 Å². The lowest BCUT2D eigenvalue weighted by molar-refractivity contribution is -0.119. The van der Waals surface area contributed by atoms with Crippen LogP contribution in [0.1, 0.15) is 38.2 Å². The van der Waals surface area contributed by atoms with Crippen LogP contribution in [0, 0.1) is 0 Å². The lowest BCUT2D eigenvalue weighted by Crippen LogP contribution is -2.39. The number of hydrogen-bond donors (Lipinski definition) is 3. The first-order chi connectivity index (χ1) is 15.8. The first-order valence-electron chi connectivity index (χ1n) is 11.1. The Morgan fingerprint density at radius 2 is 1.88 bits per heavy atom. The first kappa shape index (κ1) is 23.2. The quantitative estimate of drug-likeness (QED) is 0.463. The Bertz CT molecular complexity index is 1230. The van der Waals surface area contributed by atoms with E-state index in [-0.39, 0.29) is 23.9 Å². The molecule has 0 aliphatic heterocycles. The third-order valence-corrected chi connectivity index (χ3v) is 6.62. The van der Waals surface area contributed by atoms with E-state index in [2.05, 4.69) is 20.9 Å². The summed E-state index contributed by atoms with van der Waals surface area (Å²) in [6, 6.07) is 10.4. The van der Waals surface area contributed by atoms with Crippen molar-refractivity contribution in [3.8, 4) is 5.82 Å². The van der Waals surface area contributed by atoms with Crippen LogP contribution in [0.3, 0.4) is 0 Å². The van der Waals surface area contributed by atoms with Crippen molar-refractivity contribution < 1.29 is 13.2 Å². The zero-order valence-corrected chi connectivity index (χ0v) is 19.7. The summed E-state index contributed by atoms with van der Waals surface area (Å²) < 4.78 is 24.7. The molecular weight excluding hydrogens is 440 g/mol. The number of rotatable bonds is 8. The molecule has 0 bridgehead atoms. The van der Waals surface area contributed by atoms with Crippen LogP contribution in [0.2, 0.25) is 0 Å². The van der Waals surface area contributed by atoms with Gasteiger partial charge in [-0.25, -0.2) is 13.4 Å². The van der Waals surface area contributed by atoms with Gasteiger partial charge in [-0.05, 0) is 49.4 Å². The zero-order valence-electron chi connectivity index (χ0n) is 18.9. The van der Waals surface area contributed by atoms with E-state index in [1.165, 1.54) is 13.2 Å². The van der Waals surface area contributed by atoms with Gasteiger partial charge in [0.15, 0.2) is 9.84 Å². The molecule has 0 unspecified atom stereocenters. The summed E-state index contributed by atoms with van der Waals surface area (Å²) in [6.07, 6.45) is 8.64. The van der Waals surface area contributed by atoms with Gasteiger partial charge >= 0.3 is 0 Å². The van der Waals surface area contributed by atoms with Gasteiger partial charge in [0.1, 0.15) is 5.82 Å². The molecule has 1 aromatic carbocycles. The highest BCUT2D eigenvalue weighted by Gasteiger charge is 2.22. The number of carbonyl (C=O) groups is 1. The van der Waals surface area contributed by atoms with Crippen LogP contribution in [-0.2, 0) is 21.2 Å². The minimum absolute atomic E-state index is 0.0261. The third kappa shape index (κ3) is 6.08. The van der Waals surface area contributed by atoms with Crippen LogP contribution in [0.15, 0.2) is 42.7 Å². The second-order valence-corrected chi connectivity index (χ2v) is 10.8. The Balaban J connectivity index is 1.43. The zero-order chi connectivity index (χ0) is 23.4. The van der Waals surface area contributed by atoms with Crippen molar-refractivity contribution in [2.75, 3.05) is 17.4 Å². The summed E-state index contributed by atoms with van der Waals surface area (Å²) in [6.45, 7) is 1.99. The second-order valence-electron chi connectivity index (χ2n) is 8.65. The Morgan fingerprint density at radius 1 is 1.12 bits per heavy atom. The third-order valence-electron chi connectivity index (χ3n) is 5.93. The molecule has 176 valence electrons. The lowest BCUT2D eigenvalue weighted by atomic mass is 9.91. The van der Waals surface area contributed by atoms with Crippen LogP contribution in [0.5, 0.6) is 0 Å². The number of aromatic nitrogens is 3. The molecular formula is C23H30N6O3S. The van der Waals surface area contributed by atoms with Gasteiger partial charge in [0.05, 0.1) is 11.4 Å². The highest BCUT2D eigenvalue weighted by atomic mass is 32.2. The normalized spacial score (nSPS) is 18.8. The number of nitrogens with zero attached hydrogens (tertiary/aromatic N) is 3. The molecule has 1 aliphatic carbocycles. The predicted octanol–water partition coefficient (Wildman–Crippen LogP) is 2.37. The number of nitrogens with one attached hydrogen (secondary N) is 3. The standard InChI is InChI=1S/C23H30N6O3S/c1-16(30)25-14-17-4-3-5-21-20(17)11-13-29(21)22-10-12-24-23(28-22)27-19-8-6-18(7-9-19)26-15-33(2,31)32/h3-5,10-13,18-19,26H,6-9,14-15H2,1-2H3,(H,25,30)(H,24,27,28). The molecule has 33 heavy (non-hydrogen) atoms. The Hall–Kier alpha value is -2.98. The summed E-state index contributed by atoms with van der Waals surface area (Å²) in [5, 5.41) is 10.5. The smallest absolute Gasteiger partial charge is 0.224 e. The fourth-order valence-electron chi connectivity index (χ4n) is 4.25. The molecule has 2 aromatic heterocycles. The van der Waals surface area contributed by atoms with Crippen molar-refractivity contribution in [1.82, 2.24) is 25.2 Å². The van der Waals surface area contributed by atoms with E-state index in [0.717, 1.165) is 48.0 Å². The minimum Gasteiger partial charge on any atom is -0.352 e. The average molecular weight is 471 g/mol. The first-order valence-corrected chi connectivity index (χ1v) is 13.2. The van der Waals surface area contributed by atoms with Crippen LogP contribution < -0.4 is 16.0 Å². The van der Waals surface area contributed by atoms with Crippen molar-refractivity contribution in [3.63, 3.8) is 0 Å². The van der Waals surface area contributed by atoms with Crippen molar-refractivity contribution in [2.45, 2.75) is 51.2 Å². The van der Waals surface area contributed by atoms with Gasteiger partial charge in [0, 0.05) is 49.6 Å². The minimum atomic E-state index is -3.01. The van der Waals surface area contributed by atoms with Crippen molar-refractivity contribution >= 4 is 32.6 Å². The summed E-state index contributed by atoms with van der Waals surface area (Å²) in [7, 11) is -3.01. The molecule has 1 aliphatic rings. The maximum Gasteiger partial charge on any atom is 0.224 e. The highest BCUT2D eigenvalue weighted by molar-refractivity contribution is 7.90. The van der Waals surface area contributed by atoms with Crippen LogP contribution >= 0.6 is 0 Å². The SMILES string of the molecule is CC(=O)NCc1cccc2c1ccn2-c1ccnc(NC2CCC(NCS(C)(=O)=O)CC2)n1. The maximum absolute atomic E-state index is 11.4. The molecule has 0 spiro atoms. The number of benzene rings is 1. The molecule has 3 N–H and O–H groups in total. The van der Waals surface area contributed by atoms with E-state index in [1.807, 2.05) is 41.1 Å². The molecule has 0 saturated heterocycles. The number of amides is 1. The van der Waals surface area contributed by atoms with Crippen molar-refractivity contribution in [3.05, 3.63) is 48.3 Å². The van der Waals surface area contributed by atoms with Crippen LogP contribution in [0.4, 0.5) is 5.95 Å². The monoisotopic (exact) mass is 470 g/mol. The molecule has 2 heterocycles. The molecule has 1 amide bonds. The largest absolute Gasteiger partial charge is 0.352 e. The Morgan fingerprint density at radius 3 is 2.61 bits per heavy atom. The fourth-order valence-corrected chi connectivity index (χ4v) is 4.79. The summed E-state index contributed by atoms with van der Waals surface area (Å²) in [5.74, 6) is 1.32. The number of carbonyl (C=O) groups excluding carboxylic acids is 1. The number of fused-ring (bicyclic) bond motifs is 1. The molecule has 4 rings (SSSR count). The Labute approximate surface area is 193 Å². The molecule has 10 heteroatoms. The van der Waals surface area contributed by atoms with E-state index in [9.17, 15) is 13.2 Å². The number of anilines is 1. The Kier molecular flexibility index (Phi) is 6.94. The predicted molar refractivity (Wildman–Crippen MR) is 129 cm³/mol. The molecule has 0 atom stereocenters. The molecule has 1 saturated carbocycles. The van der Waals surface area contributed by atoms with Crippen molar-refractivity contribution in [2.24, 2.45) is 0 Å². The van der Waals surface area contributed by atoms with Gasteiger partial charge in [-0.2, -0.15) is 4.98 Å².